The number of hydrogen-bond donors (Lipinski definition) is 0. The monoisotopic (exact) mass is 778 g/mol. The van der Waals surface area contributed by atoms with E-state index in [1.807, 2.05) is 12.1 Å². The number of benzene rings is 10. The molecule has 0 amide bonds. The third-order valence-electron chi connectivity index (χ3n) is 12.2. The van der Waals surface area contributed by atoms with Crippen molar-refractivity contribution in [3.8, 4) is 39.1 Å². The first kappa shape index (κ1) is 34.9. The minimum absolute atomic E-state index is 0.896. The lowest BCUT2D eigenvalue weighted by Gasteiger charge is -2.28. The molecule has 286 valence electrons. The Hall–Kier alpha value is -8.14. The Bertz CT molecular complexity index is 3540. The lowest BCUT2D eigenvalue weighted by Crippen LogP contribution is -2.13. The molecule has 0 radical (unpaired) electrons. The van der Waals surface area contributed by atoms with E-state index in [9.17, 15) is 0 Å². The minimum atomic E-state index is 0.896. The van der Waals surface area contributed by atoms with Gasteiger partial charge >= 0.3 is 0 Å². The van der Waals surface area contributed by atoms with Crippen LogP contribution in [0.4, 0.5) is 17.1 Å². The maximum atomic E-state index is 6.28. The molecule has 10 aromatic carbocycles. The number of fused-ring (bicyclic) bond motifs is 7. The van der Waals surface area contributed by atoms with E-state index in [1.54, 1.807) is 0 Å². The Morgan fingerprint density at radius 3 is 1.54 bits per heavy atom. The molecule has 0 aliphatic heterocycles. The highest BCUT2D eigenvalue weighted by Crippen LogP contribution is 2.43. The lowest BCUT2D eigenvalue weighted by atomic mass is 9.97. The Labute approximate surface area is 353 Å². The number of nitrogens with zero attached hydrogens (tertiary/aromatic N) is 2. The second kappa shape index (κ2) is 14.3. The van der Waals surface area contributed by atoms with Crippen LogP contribution in [0, 0.1) is 0 Å². The lowest BCUT2D eigenvalue weighted by molar-refractivity contribution is 0.669. The topological polar surface area (TPSA) is 21.3 Å². The van der Waals surface area contributed by atoms with E-state index in [1.165, 1.54) is 54.8 Å². The van der Waals surface area contributed by atoms with Gasteiger partial charge in [-0.3, -0.25) is 0 Å². The summed E-state index contributed by atoms with van der Waals surface area (Å²) in [5, 5.41) is 7.24. The van der Waals surface area contributed by atoms with Crippen LogP contribution in [0.2, 0.25) is 0 Å². The Morgan fingerprint density at radius 2 is 0.820 bits per heavy atom. The molecule has 12 rings (SSSR count). The maximum absolute atomic E-state index is 6.28. The van der Waals surface area contributed by atoms with Crippen molar-refractivity contribution >= 4 is 71.6 Å². The summed E-state index contributed by atoms with van der Waals surface area (Å²) in [4.78, 5) is 2.39. The number of rotatable bonds is 7. The van der Waals surface area contributed by atoms with Crippen LogP contribution >= 0.6 is 0 Å². The van der Waals surface area contributed by atoms with Gasteiger partial charge in [-0.05, 0) is 123 Å². The molecule has 0 aliphatic rings. The number of furan rings is 1. The van der Waals surface area contributed by atoms with E-state index < -0.39 is 0 Å². The number of para-hydroxylation sites is 5. The molecule has 0 fully saturated rings. The van der Waals surface area contributed by atoms with Crippen LogP contribution in [0.15, 0.2) is 235 Å². The van der Waals surface area contributed by atoms with E-state index in [0.29, 0.717) is 0 Å². The average Bonchev–Trinajstić information content (AvgIpc) is 3.88. The van der Waals surface area contributed by atoms with Crippen molar-refractivity contribution in [2.24, 2.45) is 0 Å². The summed E-state index contributed by atoms with van der Waals surface area (Å²) in [6.07, 6.45) is 0. The average molecular weight is 779 g/mol. The molecule has 3 heteroatoms. The van der Waals surface area contributed by atoms with Crippen molar-refractivity contribution in [1.82, 2.24) is 4.57 Å². The second-order valence-electron chi connectivity index (χ2n) is 15.7. The second-order valence-corrected chi connectivity index (χ2v) is 15.7. The van der Waals surface area contributed by atoms with Gasteiger partial charge in [-0.15, -0.1) is 0 Å². The summed E-state index contributed by atoms with van der Waals surface area (Å²) in [6, 6.07) is 83.0. The van der Waals surface area contributed by atoms with Gasteiger partial charge in [0.25, 0.3) is 0 Å². The van der Waals surface area contributed by atoms with Gasteiger partial charge in [0.05, 0.1) is 22.4 Å². The summed E-state index contributed by atoms with van der Waals surface area (Å²) >= 11 is 0. The van der Waals surface area contributed by atoms with Crippen LogP contribution in [0.5, 0.6) is 0 Å². The van der Waals surface area contributed by atoms with Crippen LogP contribution in [0.1, 0.15) is 0 Å². The van der Waals surface area contributed by atoms with Crippen molar-refractivity contribution in [3.63, 3.8) is 0 Å². The predicted molar refractivity (Wildman–Crippen MR) is 257 cm³/mol. The third-order valence-corrected chi connectivity index (χ3v) is 12.2. The van der Waals surface area contributed by atoms with Crippen LogP contribution in [0.3, 0.4) is 0 Å². The van der Waals surface area contributed by atoms with E-state index in [-0.39, 0.29) is 0 Å². The predicted octanol–water partition coefficient (Wildman–Crippen LogP) is 16.3. The van der Waals surface area contributed by atoms with E-state index >= 15 is 0 Å². The van der Waals surface area contributed by atoms with Gasteiger partial charge in [-0.1, -0.05) is 152 Å². The summed E-state index contributed by atoms with van der Waals surface area (Å²) in [5.74, 6) is 0. The molecule has 0 saturated heterocycles. The fraction of sp³-hybridized carbons (Fsp3) is 0. The summed E-state index contributed by atoms with van der Waals surface area (Å²) in [7, 11) is 0. The molecule has 2 aromatic heterocycles. The van der Waals surface area contributed by atoms with Gasteiger partial charge in [0.15, 0.2) is 0 Å². The first-order chi connectivity index (χ1) is 30.2. The van der Waals surface area contributed by atoms with Crippen molar-refractivity contribution in [3.05, 3.63) is 231 Å². The van der Waals surface area contributed by atoms with Crippen LogP contribution in [-0.4, -0.2) is 4.57 Å². The minimum Gasteiger partial charge on any atom is -0.456 e. The molecule has 0 atom stereocenters. The highest BCUT2D eigenvalue weighted by molar-refractivity contribution is 6.10. The van der Waals surface area contributed by atoms with Gasteiger partial charge in [0.2, 0.25) is 0 Å². The first-order valence-corrected chi connectivity index (χ1v) is 20.8. The number of anilines is 3. The van der Waals surface area contributed by atoms with Gasteiger partial charge in [-0.25, -0.2) is 0 Å². The summed E-state index contributed by atoms with van der Waals surface area (Å²) in [6.45, 7) is 0. The number of hydrogen-bond acceptors (Lipinski definition) is 2. The zero-order chi connectivity index (χ0) is 40.3. The van der Waals surface area contributed by atoms with Crippen LogP contribution in [-0.2, 0) is 0 Å². The maximum Gasteiger partial charge on any atom is 0.136 e. The Kier molecular flexibility index (Phi) is 8.17. The molecule has 0 unspecified atom stereocenters. The molecule has 0 aliphatic carbocycles. The Balaban J connectivity index is 0.974. The van der Waals surface area contributed by atoms with Gasteiger partial charge in [0.1, 0.15) is 11.2 Å². The summed E-state index contributed by atoms with van der Waals surface area (Å²) in [5.41, 5.74) is 15.5. The molecule has 0 N–H and O–H groups in total. The SMILES string of the molecule is c1cc(-c2ccc(N(c3ccc(-c4ccc5c(c4)oc4ccccc45)cc3)c3ccccc3-n3c4ccccc4c4ccccc43)cc2)cc(-c2ccc3ccccc3c2)c1. The first-order valence-electron chi connectivity index (χ1n) is 20.8. The highest BCUT2D eigenvalue weighted by atomic mass is 16.3. The van der Waals surface area contributed by atoms with Crippen molar-refractivity contribution < 1.29 is 4.42 Å². The summed E-state index contributed by atoms with van der Waals surface area (Å²) < 4.78 is 8.69. The Morgan fingerprint density at radius 1 is 0.311 bits per heavy atom. The molecule has 0 bridgehead atoms. The molecule has 3 nitrogen and oxygen atoms in total. The van der Waals surface area contributed by atoms with E-state index in [0.717, 1.165) is 55.8 Å². The molecule has 0 saturated carbocycles. The standard InChI is InChI=1S/C58H38N2O/c1-2-13-42-37-45(25-24-39(42)12-1)44-15-11-14-43(36-44)40-26-31-47(32-27-40)59(48-33-28-41(29-34-48)46-30-35-52-51-18-5-10-23-57(51)61-58(52)38-46)55-21-8-9-22-56(55)60-53-19-6-3-16-49(53)50-17-4-7-20-54(50)60/h1-38H. The largest absolute Gasteiger partial charge is 0.456 e. The van der Waals surface area contributed by atoms with Crippen LogP contribution < -0.4 is 4.90 Å². The van der Waals surface area contributed by atoms with Gasteiger partial charge in [0, 0.05) is 32.9 Å². The zero-order valence-corrected chi connectivity index (χ0v) is 33.2. The fourth-order valence-corrected chi connectivity index (χ4v) is 9.21. The fourth-order valence-electron chi connectivity index (χ4n) is 9.21. The zero-order valence-electron chi connectivity index (χ0n) is 33.2. The molecular weight excluding hydrogens is 741 g/mol. The van der Waals surface area contributed by atoms with Gasteiger partial charge < -0.3 is 13.9 Å². The van der Waals surface area contributed by atoms with Crippen molar-refractivity contribution in [1.29, 1.82) is 0 Å². The van der Waals surface area contributed by atoms with Gasteiger partial charge in [-0.2, -0.15) is 0 Å². The highest BCUT2D eigenvalue weighted by Gasteiger charge is 2.21. The van der Waals surface area contributed by atoms with Crippen molar-refractivity contribution in [2.45, 2.75) is 0 Å². The molecule has 61 heavy (non-hydrogen) atoms. The van der Waals surface area contributed by atoms with Crippen LogP contribution in [0.25, 0.3) is 93.6 Å². The molecule has 2 heterocycles. The third kappa shape index (κ3) is 5.98. The molecule has 0 spiro atoms. The molecule has 12 aromatic rings. The quantitative estimate of drug-likeness (QED) is 0.161. The normalized spacial score (nSPS) is 11.6. The van der Waals surface area contributed by atoms with E-state index in [2.05, 4.69) is 228 Å². The smallest absolute Gasteiger partial charge is 0.136 e. The van der Waals surface area contributed by atoms with E-state index in [4.69, 9.17) is 4.42 Å². The molecular formula is C58H38N2O. The number of aromatic nitrogens is 1. The van der Waals surface area contributed by atoms with Crippen molar-refractivity contribution in [2.75, 3.05) is 4.90 Å².